The molecule has 0 fully saturated rings. The molecule has 0 aliphatic carbocycles. The molecule has 0 spiro atoms. The first-order valence-electron chi connectivity index (χ1n) is 7.76. The fourth-order valence-corrected chi connectivity index (χ4v) is 2.41. The van der Waals surface area contributed by atoms with Crippen molar-refractivity contribution in [3.8, 4) is 5.75 Å². The van der Waals surface area contributed by atoms with E-state index >= 15 is 0 Å². The van der Waals surface area contributed by atoms with Crippen molar-refractivity contribution in [3.63, 3.8) is 0 Å². The third-order valence-corrected chi connectivity index (χ3v) is 3.66. The van der Waals surface area contributed by atoms with E-state index in [1.54, 1.807) is 19.4 Å². The minimum Gasteiger partial charge on any atom is -0.497 e. The van der Waals surface area contributed by atoms with E-state index in [1.807, 2.05) is 30.3 Å². The van der Waals surface area contributed by atoms with Crippen LogP contribution in [0.3, 0.4) is 0 Å². The van der Waals surface area contributed by atoms with E-state index in [1.165, 1.54) is 0 Å². The molecule has 0 saturated carbocycles. The van der Waals surface area contributed by atoms with E-state index in [4.69, 9.17) is 9.15 Å². The van der Waals surface area contributed by atoms with Crippen LogP contribution in [-0.4, -0.2) is 19.6 Å². The van der Waals surface area contributed by atoms with Gasteiger partial charge in [-0.15, -0.1) is 0 Å². The van der Waals surface area contributed by atoms with Crippen LogP contribution in [0.25, 0.3) is 0 Å². The van der Waals surface area contributed by atoms with E-state index in [0.29, 0.717) is 12.5 Å². The Bertz CT molecular complexity index is 591. The summed E-state index contributed by atoms with van der Waals surface area (Å²) in [5, 5.41) is 6.15. The Hall–Kier alpha value is -2.27. The number of hydrogen-bond donors (Lipinski definition) is 2. The van der Waals surface area contributed by atoms with Gasteiger partial charge in [0.1, 0.15) is 11.5 Å². The highest BCUT2D eigenvalue weighted by Gasteiger charge is 2.16. The summed E-state index contributed by atoms with van der Waals surface area (Å²) in [6.45, 7) is 4.92. The summed E-state index contributed by atoms with van der Waals surface area (Å²) in [6, 6.07) is 11.7. The van der Waals surface area contributed by atoms with Crippen molar-refractivity contribution in [2.24, 2.45) is 5.92 Å². The first kappa shape index (κ1) is 17.1. The maximum atomic E-state index is 12.0. The molecule has 0 unspecified atom stereocenters. The predicted molar refractivity (Wildman–Crippen MR) is 89.1 cm³/mol. The zero-order valence-electron chi connectivity index (χ0n) is 13.8. The quantitative estimate of drug-likeness (QED) is 0.786. The minimum absolute atomic E-state index is 0.0550. The Balaban J connectivity index is 1.87. The average Bonchev–Trinajstić information content (AvgIpc) is 3.07. The zero-order valence-corrected chi connectivity index (χ0v) is 13.8. The average molecular weight is 316 g/mol. The van der Waals surface area contributed by atoms with Gasteiger partial charge in [0, 0.05) is 6.04 Å². The lowest BCUT2D eigenvalue weighted by molar-refractivity contribution is -0.120. The summed E-state index contributed by atoms with van der Waals surface area (Å²) in [5.41, 5.74) is 1.14. The lowest BCUT2D eigenvalue weighted by atomic mass is 9.96. The Morgan fingerprint density at radius 3 is 2.52 bits per heavy atom. The fraction of sp³-hybridized carbons (Fsp3) is 0.389. The zero-order chi connectivity index (χ0) is 16.7. The Labute approximate surface area is 137 Å². The maximum absolute atomic E-state index is 12.0. The summed E-state index contributed by atoms with van der Waals surface area (Å²) in [5.74, 6) is 1.88. The smallest absolute Gasteiger partial charge is 0.234 e. The molecule has 1 heterocycles. The molecule has 5 heteroatoms. The number of benzene rings is 1. The topological polar surface area (TPSA) is 63.5 Å². The molecule has 0 bridgehead atoms. The van der Waals surface area contributed by atoms with Crippen molar-refractivity contribution >= 4 is 5.91 Å². The number of rotatable bonds is 8. The normalized spacial score (nSPS) is 12.2. The highest BCUT2D eigenvalue weighted by Crippen LogP contribution is 2.23. The molecule has 1 aromatic heterocycles. The van der Waals surface area contributed by atoms with Crippen LogP contribution in [0, 0.1) is 5.92 Å². The van der Waals surface area contributed by atoms with Crippen LogP contribution in [0.5, 0.6) is 5.75 Å². The predicted octanol–water partition coefficient (Wildman–Crippen LogP) is 2.89. The molecule has 2 N–H and O–H groups in total. The summed E-state index contributed by atoms with van der Waals surface area (Å²) in [7, 11) is 1.65. The molecule has 23 heavy (non-hydrogen) atoms. The monoisotopic (exact) mass is 316 g/mol. The second-order valence-electron chi connectivity index (χ2n) is 5.73. The Morgan fingerprint density at radius 2 is 1.96 bits per heavy atom. The molecule has 1 atom stereocenters. The van der Waals surface area contributed by atoms with Crippen molar-refractivity contribution < 1.29 is 13.9 Å². The molecule has 2 rings (SSSR count). The van der Waals surface area contributed by atoms with Crippen molar-refractivity contribution in [1.29, 1.82) is 0 Å². The van der Waals surface area contributed by atoms with Gasteiger partial charge < -0.3 is 19.8 Å². The molecule has 1 aromatic carbocycles. The SMILES string of the molecule is COc1ccc([C@@H](NCC(=O)NCc2ccco2)C(C)C)cc1. The summed E-state index contributed by atoms with van der Waals surface area (Å²) < 4.78 is 10.4. The lowest BCUT2D eigenvalue weighted by Gasteiger charge is -2.23. The number of carbonyl (C=O) groups is 1. The molecule has 0 aliphatic heterocycles. The third kappa shape index (κ3) is 5.14. The van der Waals surface area contributed by atoms with Crippen LogP contribution < -0.4 is 15.4 Å². The summed E-state index contributed by atoms with van der Waals surface area (Å²) in [4.78, 5) is 12.0. The molecule has 0 saturated heterocycles. The van der Waals surface area contributed by atoms with Crippen molar-refractivity contribution in [1.82, 2.24) is 10.6 Å². The van der Waals surface area contributed by atoms with Crippen molar-refractivity contribution in [2.75, 3.05) is 13.7 Å². The van der Waals surface area contributed by atoms with Gasteiger partial charge in [0.2, 0.25) is 5.91 Å². The first-order chi connectivity index (χ1) is 11.1. The van der Waals surface area contributed by atoms with E-state index in [2.05, 4.69) is 24.5 Å². The Kier molecular flexibility index (Phi) is 6.23. The van der Waals surface area contributed by atoms with Gasteiger partial charge in [-0.25, -0.2) is 0 Å². The van der Waals surface area contributed by atoms with Crippen LogP contribution in [0.2, 0.25) is 0 Å². The van der Waals surface area contributed by atoms with Gasteiger partial charge in [0.25, 0.3) is 0 Å². The molecular weight excluding hydrogens is 292 g/mol. The molecule has 0 radical (unpaired) electrons. The van der Waals surface area contributed by atoms with Crippen LogP contribution in [-0.2, 0) is 11.3 Å². The van der Waals surface area contributed by atoms with Gasteiger partial charge in [-0.1, -0.05) is 26.0 Å². The Morgan fingerprint density at radius 1 is 1.22 bits per heavy atom. The molecule has 0 aliphatic rings. The fourth-order valence-electron chi connectivity index (χ4n) is 2.41. The van der Waals surface area contributed by atoms with Gasteiger partial charge >= 0.3 is 0 Å². The number of nitrogens with one attached hydrogen (secondary N) is 2. The second kappa shape index (κ2) is 8.39. The van der Waals surface area contributed by atoms with E-state index < -0.39 is 0 Å². The molecule has 124 valence electrons. The van der Waals surface area contributed by atoms with Crippen LogP contribution >= 0.6 is 0 Å². The van der Waals surface area contributed by atoms with Gasteiger partial charge in [-0.2, -0.15) is 0 Å². The number of amides is 1. The second-order valence-corrected chi connectivity index (χ2v) is 5.73. The van der Waals surface area contributed by atoms with Crippen molar-refractivity contribution in [3.05, 3.63) is 54.0 Å². The first-order valence-corrected chi connectivity index (χ1v) is 7.76. The van der Waals surface area contributed by atoms with Crippen LogP contribution in [0.15, 0.2) is 47.1 Å². The largest absolute Gasteiger partial charge is 0.497 e. The highest BCUT2D eigenvalue weighted by molar-refractivity contribution is 5.77. The summed E-state index contributed by atoms with van der Waals surface area (Å²) in [6.07, 6.45) is 1.60. The number of ether oxygens (including phenoxy) is 1. The summed E-state index contributed by atoms with van der Waals surface area (Å²) >= 11 is 0. The highest BCUT2D eigenvalue weighted by atomic mass is 16.5. The van der Waals surface area contributed by atoms with Gasteiger partial charge in [-0.3, -0.25) is 4.79 Å². The molecule has 5 nitrogen and oxygen atoms in total. The maximum Gasteiger partial charge on any atom is 0.234 e. The minimum atomic E-state index is -0.0550. The van der Waals surface area contributed by atoms with E-state index in [0.717, 1.165) is 17.1 Å². The van der Waals surface area contributed by atoms with Gasteiger partial charge in [0.05, 0.1) is 26.5 Å². The van der Waals surface area contributed by atoms with Crippen molar-refractivity contribution in [2.45, 2.75) is 26.4 Å². The van der Waals surface area contributed by atoms with E-state index in [-0.39, 0.29) is 18.5 Å². The standard InChI is InChI=1S/C18H24N2O3/c1-13(2)18(14-6-8-15(22-3)9-7-14)20-12-17(21)19-11-16-5-4-10-23-16/h4-10,13,18,20H,11-12H2,1-3H3,(H,19,21)/t18-/m0/s1. The van der Waals surface area contributed by atoms with Crippen LogP contribution in [0.4, 0.5) is 0 Å². The van der Waals surface area contributed by atoms with Crippen LogP contribution in [0.1, 0.15) is 31.2 Å². The number of methoxy groups -OCH3 is 1. The van der Waals surface area contributed by atoms with Gasteiger partial charge in [-0.05, 0) is 35.7 Å². The molecule has 2 aromatic rings. The number of carbonyl (C=O) groups excluding carboxylic acids is 1. The molecular formula is C18H24N2O3. The third-order valence-electron chi connectivity index (χ3n) is 3.66. The van der Waals surface area contributed by atoms with E-state index in [9.17, 15) is 4.79 Å². The molecule has 1 amide bonds. The lowest BCUT2D eigenvalue weighted by Crippen LogP contribution is -2.37. The van der Waals surface area contributed by atoms with Gasteiger partial charge in [0.15, 0.2) is 0 Å². The number of hydrogen-bond acceptors (Lipinski definition) is 4. The number of furan rings is 1.